The lowest BCUT2D eigenvalue weighted by Crippen LogP contribution is -2.41. The van der Waals surface area contributed by atoms with Crippen LogP contribution in [0.4, 0.5) is 5.13 Å². The van der Waals surface area contributed by atoms with Gasteiger partial charge in [-0.15, -0.1) is 0 Å². The number of amides is 1. The summed E-state index contributed by atoms with van der Waals surface area (Å²) >= 11 is 1.30. The fraction of sp³-hybridized carbons (Fsp3) is 0.474. The van der Waals surface area contributed by atoms with Crippen molar-refractivity contribution in [2.45, 2.75) is 33.1 Å². The Morgan fingerprint density at radius 2 is 2.32 bits per heavy atom. The molecule has 3 rings (SSSR count). The molecule has 0 saturated carbocycles. The summed E-state index contributed by atoms with van der Waals surface area (Å²) < 4.78 is 5.94. The lowest BCUT2D eigenvalue weighted by Gasteiger charge is -2.32. The van der Waals surface area contributed by atoms with Gasteiger partial charge in [0.25, 0.3) is 5.91 Å². The largest absolute Gasteiger partial charge is 0.493 e. The monoisotopic (exact) mass is 359 g/mol. The number of aromatic nitrogens is 1. The Hall–Kier alpha value is -2.08. The van der Waals surface area contributed by atoms with Crippen molar-refractivity contribution in [3.05, 3.63) is 40.4 Å². The van der Waals surface area contributed by atoms with Gasteiger partial charge in [-0.1, -0.05) is 30.4 Å². The average Bonchev–Trinajstić information content (AvgIpc) is 3.00. The molecule has 5 nitrogen and oxygen atoms in total. The van der Waals surface area contributed by atoms with Crippen molar-refractivity contribution in [3.8, 4) is 5.75 Å². The number of nitrogens with zero attached hydrogens (tertiary/aromatic N) is 2. The first kappa shape index (κ1) is 17.7. The Morgan fingerprint density at radius 1 is 1.48 bits per heavy atom. The molecule has 1 aromatic carbocycles. The number of thiazole rings is 1. The zero-order valence-corrected chi connectivity index (χ0v) is 15.6. The van der Waals surface area contributed by atoms with Crippen LogP contribution in [0, 0.1) is 12.8 Å². The van der Waals surface area contributed by atoms with Crippen LogP contribution < -0.4 is 10.5 Å². The van der Waals surface area contributed by atoms with Crippen LogP contribution in [0.3, 0.4) is 0 Å². The molecule has 2 N–H and O–H groups in total. The lowest BCUT2D eigenvalue weighted by molar-refractivity contribution is 0.0637. The first-order valence-electron chi connectivity index (χ1n) is 8.80. The van der Waals surface area contributed by atoms with Gasteiger partial charge in [0.1, 0.15) is 10.6 Å². The Bertz CT molecular complexity index is 744. The maximum Gasteiger partial charge on any atom is 0.265 e. The highest BCUT2D eigenvalue weighted by Gasteiger charge is 2.27. The van der Waals surface area contributed by atoms with Crippen molar-refractivity contribution in [2.24, 2.45) is 5.92 Å². The van der Waals surface area contributed by atoms with E-state index in [0.717, 1.165) is 43.8 Å². The second-order valence-electron chi connectivity index (χ2n) is 6.57. The summed E-state index contributed by atoms with van der Waals surface area (Å²) in [5.74, 6) is 1.31. The maximum absolute atomic E-state index is 12.9. The molecule has 0 spiro atoms. The number of hydrogen-bond acceptors (Lipinski definition) is 5. The molecule has 134 valence electrons. The summed E-state index contributed by atoms with van der Waals surface area (Å²) in [7, 11) is 0. The molecule has 2 heterocycles. The van der Waals surface area contributed by atoms with E-state index < -0.39 is 0 Å². The van der Waals surface area contributed by atoms with Crippen molar-refractivity contribution < 1.29 is 9.53 Å². The number of aryl methyl sites for hydroxylation is 2. The van der Waals surface area contributed by atoms with Crippen LogP contribution in [0.1, 0.15) is 40.7 Å². The van der Waals surface area contributed by atoms with E-state index >= 15 is 0 Å². The van der Waals surface area contributed by atoms with Gasteiger partial charge in [-0.3, -0.25) is 4.79 Å². The smallest absolute Gasteiger partial charge is 0.265 e. The predicted molar refractivity (Wildman–Crippen MR) is 101 cm³/mol. The van der Waals surface area contributed by atoms with E-state index in [1.165, 1.54) is 16.9 Å². The second-order valence-corrected chi connectivity index (χ2v) is 7.60. The molecular formula is C19H25N3O2S. The third kappa shape index (κ3) is 4.31. The van der Waals surface area contributed by atoms with E-state index in [1.807, 2.05) is 30.0 Å². The van der Waals surface area contributed by atoms with Gasteiger partial charge >= 0.3 is 0 Å². The molecule has 6 heteroatoms. The number of rotatable bonds is 5. The number of hydrogen-bond donors (Lipinski definition) is 1. The molecule has 1 atom stereocenters. The number of ether oxygens (including phenoxy) is 1. The molecule has 1 aliphatic rings. The Kier molecular flexibility index (Phi) is 5.58. The highest BCUT2D eigenvalue weighted by molar-refractivity contribution is 7.17. The molecule has 1 aliphatic heterocycles. The van der Waals surface area contributed by atoms with Crippen LogP contribution in [-0.2, 0) is 6.42 Å². The van der Waals surface area contributed by atoms with E-state index in [1.54, 1.807) is 0 Å². The minimum Gasteiger partial charge on any atom is -0.493 e. The van der Waals surface area contributed by atoms with Crippen molar-refractivity contribution in [1.82, 2.24) is 9.88 Å². The topological polar surface area (TPSA) is 68.5 Å². The van der Waals surface area contributed by atoms with Crippen LogP contribution in [0.25, 0.3) is 0 Å². The zero-order chi connectivity index (χ0) is 17.8. The van der Waals surface area contributed by atoms with E-state index in [-0.39, 0.29) is 5.91 Å². The normalized spacial score (nSPS) is 17.5. The van der Waals surface area contributed by atoms with E-state index in [4.69, 9.17) is 10.5 Å². The minimum absolute atomic E-state index is 0.0614. The second kappa shape index (κ2) is 7.87. The highest BCUT2D eigenvalue weighted by Crippen LogP contribution is 2.26. The summed E-state index contributed by atoms with van der Waals surface area (Å²) in [6.07, 6.45) is 2.81. The van der Waals surface area contributed by atoms with Gasteiger partial charge in [-0.25, -0.2) is 4.98 Å². The van der Waals surface area contributed by atoms with Gasteiger partial charge < -0.3 is 15.4 Å². The highest BCUT2D eigenvalue weighted by atomic mass is 32.1. The van der Waals surface area contributed by atoms with E-state index in [0.29, 0.717) is 22.5 Å². The number of benzene rings is 1. The van der Waals surface area contributed by atoms with Crippen molar-refractivity contribution >= 4 is 22.4 Å². The number of carbonyl (C=O) groups excluding carboxylic acids is 1. The Morgan fingerprint density at radius 3 is 3.08 bits per heavy atom. The molecular weight excluding hydrogens is 334 g/mol. The van der Waals surface area contributed by atoms with Crippen molar-refractivity contribution in [3.63, 3.8) is 0 Å². The van der Waals surface area contributed by atoms with Gasteiger partial charge in [-0.2, -0.15) is 0 Å². The third-order valence-electron chi connectivity index (χ3n) is 4.52. The fourth-order valence-corrected chi connectivity index (χ4v) is 4.11. The van der Waals surface area contributed by atoms with Crippen molar-refractivity contribution in [2.75, 3.05) is 25.4 Å². The van der Waals surface area contributed by atoms with Gasteiger partial charge in [0.15, 0.2) is 5.13 Å². The molecule has 0 radical (unpaired) electrons. The summed E-state index contributed by atoms with van der Waals surface area (Å²) in [4.78, 5) is 19.8. The lowest BCUT2D eigenvalue weighted by atomic mass is 9.98. The number of anilines is 1. The van der Waals surface area contributed by atoms with Crippen LogP contribution in [0.15, 0.2) is 24.3 Å². The summed E-state index contributed by atoms with van der Waals surface area (Å²) in [6, 6.07) is 8.08. The maximum atomic E-state index is 12.9. The molecule has 1 fully saturated rings. The Labute approximate surface area is 152 Å². The molecule has 1 saturated heterocycles. The van der Waals surface area contributed by atoms with Gasteiger partial charge in [0.05, 0.1) is 12.3 Å². The number of carbonyl (C=O) groups is 1. The SMILES string of the molecule is CCc1nc(N)sc1C(=O)N1CCC[C@@H](COc2cccc(C)c2)C1. The zero-order valence-electron chi connectivity index (χ0n) is 14.8. The fourth-order valence-electron chi connectivity index (χ4n) is 3.23. The molecule has 0 bridgehead atoms. The molecule has 0 unspecified atom stereocenters. The number of likely N-dealkylation sites (tertiary alicyclic amines) is 1. The van der Waals surface area contributed by atoms with Gasteiger partial charge in [0.2, 0.25) is 0 Å². The van der Waals surface area contributed by atoms with Crippen LogP contribution in [-0.4, -0.2) is 35.5 Å². The summed E-state index contributed by atoms with van der Waals surface area (Å²) in [5.41, 5.74) is 7.79. The first-order valence-corrected chi connectivity index (χ1v) is 9.62. The van der Waals surface area contributed by atoms with Crippen LogP contribution in [0.2, 0.25) is 0 Å². The first-order chi connectivity index (χ1) is 12.1. The van der Waals surface area contributed by atoms with E-state index in [9.17, 15) is 4.79 Å². The summed E-state index contributed by atoms with van der Waals surface area (Å²) in [5, 5.41) is 0.469. The molecule has 2 aromatic rings. The average molecular weight is 359 g/mol. The van der Waals surface area contributed by atoms with E-state index in [2.05, 4.69) is 18.0 Å². The standard InChI is InChI=1S/C19H25N3O2S/c1-3-16-17(25-19(20)21-16)18(23)22-9-5-7-14(11-22)12-24-15-8-4-6-13(2)10-15/h4,6,8,10,14H,3,5,7,9,11-12H2,1-2H3,(H2,20,21)/t14-/m1/s1. The number of piperidine rings is 1. The summed E-state index contributed by atoms with van der Waals surface area (Å²) in [6.45, 7) is 6.21. The van der Waals surface area contributed by atoms with Crippen LogP contribution in [0.5, 0.6) is 5.75 Å². The quantitative estimate of drug-likeness (QED) is 0.887. The molecule has 0 aliphatic carbocycles. The predicted octanol–water partition coefficient (Wildman–Crippen LogP) is 3.53. The van der Waals surface area contributed by atoms with Crippen LogP contribution >= 0.6 is 11.3 Å². The Balaban J connectivity index is 1.61. The van der Waals surface area contributed by atoms with Gasteiger partial charge in [-0.05, 0) is 43.9 Å². The molecule has 1 amide bonds. The van der Waals surface area contributed by atoms with Gasteiger partial charge in [0, 0.05) is 19.0 Å². The minimum atomic E-state index is 0.0614. The number of nitrogen functional groups attached to an aromatic ring is 1. The molecule has 1 aromatic heterocycles. The third-order valence-corrected chi connectivity index (χ3v) is 5.44. The molecule has 25 heavy (non-hydrogen) atoms. The van der Waals surface area contributed by atoms with Crippen molar-refractivity contribution in [1.29, 1.82) is 0 Å². The number of nitrogens with two attached hydrogens (primary N) is 1.